The summed E-state index contributed by atoms with van der Waals surface area (Å²) in [5.41, 5.74) is 3.25. The van der Waals surface area contributed by atoms with Gasteiger partial charge in [-0.2, -0.15) is 0 Å². The predicted molar refractivity (Wildman–Crippen MR) is 140 cm³/mol. The van der Waals surface area contributed by atoms with Gasteiger partial charge in [0.05, 0.1) is 11.9 Å². The van der Waals surface area contributed by atoms with Crippen molar-refractivity contribution in [1.29, 1.82) is 0 Å². The fourth-order valence-corrected chi connectivity index (χ4v) is 5.47. The molecule has 0 heterocycles. The Morgan fingerprint density at radius 2 is 1.63 bits per heavy atom. The van der Waals surface area contributed by atoms with Gasteiger partial charge in [0.15, 0.2) is 0 Å². The van der Waals surface area contributed by atoms with E-state index in [2.05, 4.69) is 5.32 Å². The van der Waals surface area contributed by atoms with Crippen LogP contribution in [0.4, 0.5) is 5.69 Å². The third-order valence-electron chi connectivity index (χ3n) is 6.79. The molecule has 2 aromatic rings. The second-order valence-corrected chi connectivity index (χ2v) is 11.3. The Morgan fingerprint density at radius 1 is 1.03 bits per heavy atom. The zero-order valence-electron chi connectivity index (χ0n) is 21.2. The van der Waals surface area contributed by atoms with Gasteiger partial charge in [0, 0.05) is 12.6 Å². The van der Waals surface area contributed by atoms with Crippen LogP contribution in [0.15, 0.2) is 48.5 Å². The molecule has 0 aliphatic heterocycles. The molecule has 1 aliphatic rings. The molecule has 0 spiro atoms. The van der Waals surface area contributed by atoms with Crippen LogP contribution in [0.2, 0.25) is 0 Å². The molecule has 1 aliphatic carbocycles. The predicted octanol–water partition coefficient (Wildman–Crippen LogP) is 3.80. The van der Waals surface area contributed by atoms with Crippen molar-refractivity contribution in [3.8, 4) is 0 Å². The van der Waals surface area contributed by atoms with Crippen LogP contribution >= 0.6 is 0 Å². The lowest BCUT2D eigenvalue weighted by Gasteiger charge is -2.32. The molecule has 35 heavy (non-hydrogen) atoms. The van der Waals surface area contributed by atoms with Gasteiger partial charge in [0.25, 0.3) is 0 Å². The van der Waals surface area contributed by atoms with Crippen LogP contribution in [0.3, 0.4) is 0 Å². The van der Waals surface area contributed by atoms with E-state index in [1.165, 1.54) is 4.90 Å². The molecule has 2 aromatic carbocycles. The molecule has 0 radical (unpaired) electrons. The van der Waals surface area contributed by atoms with Gasteiger partial charge >= 0.3 is 0 Å². The first-order valence-electron chi connectivity index (χ1n) is 12.3. The van der Waals surface area contributed by atoms with E-state index in [0.717, 1.165) is 52.9 Å². The molecule has 3 rings (SSSR count). The van der Waals surface area contributed by atoms with Crippen LogP contribution in [-0.2, 0) is 32.6 Å². The molecule has 0 aromatic heterocycles. The fraction of sp³-hybridized carbons (Fsp3) is 0.481. The first kappa shape index (κ1) is 26.7. The molecule has 1 atom stereocenters. The van der Waals surface area contributed by atoms with Gasteiger partial charge in [-0.1, -0.05) is 62.2 Å². The third kappa shape index (κ3) is 6.84. The molecular formula is C27H37N3O4S. The molecule has 0 unspecified atom stereocenters. The molecule has 0 bridgehead atoms. The zero-order chi connectivity index (χ0) is 25.6. The van der Waals surface area contributed by atoms with Gasteiger partial charge in [-0.05, 0) is 55.9 Å². The van der Waals surface area contributed by atoms with Gasteiger partial charge in [-0.15, -0.1) is 0 Å². The van der Waals surface area contributed by atoms with E-state index in [1.807, 2.05) is 50.2 Å². The topological polar surface area (TPSA) is 86.8 Å². The number of para-hydroxylation sites is 1. The van der Waals surface area contributed by atoms with Gasteiger partial charge in [0.2, 0.25) is 21.8 Å². The normalized spacial score (nSPS) is 15.0. The van der Waals surface area contributed by atoms with Crippen molar-refractivity contribution in [3.05, 3.63) is 65.2 Å². The van der Waals surface area contributed by atoms with Gasteiger partial charge < -0.3 is 10.2 Å². The van der Waals surface area contributed by atoms with Crippen molar-refractivity contribution in [2.75, 3.05) is 17.1 Å². The van der Waals surface area contributed by atoms with E-state index in [1.54, 1.807) is 19.1 Å². The number of hydrogen-bond donors (Lipinski definition) is 1. The number of carbonyl (C=O) groups excluding carboxylic acids is 2. The molecule has 1 saturated carbocycles. The molecular weight excluding hydrogens is 462 g/mol. The third-order valence-corrected chi connectivity index (χ3v) is 7.92. The van der Waals surface area contributed by atoms with Gasteiger partial charge in [-0.3, -0.25) is 13.9 Å². The summed E-state index contributed by atoms with van der Waals surface area (Å²) in [6.07, 6.45) is 5.80. The summed E-state index contributed by atoms with van der Waals surface area (Å²) in [6, 6.07) is 14.3. The van der Waals surface area contributed by atoms with Crippen LogP contribution in [0.1, 0.15) is 56.2 Å². The Hall–Kier alpha value is -2.87. The monoisotopic (exact) mass is 499 g/mol. The Morgan fingerprint density at radius 3 is 2.23 bits per heavy atom. The number of anilines is 1. The second-order valence-electron chi connectivity index (χ2n) is 9.37. The van der Waals surface area contributed by atoms with E-state index in [4.69, 9.17) is 0 Å². The van der Waals surface area contributed by atoms with Crippen molar-refractivity contribution in [3.63, 3.8) is 0 Å². The number of hydrogen-bond acceptors (Lipinski definition) is 4. The van der Waals surface area contributed by atoms with Crippen LogP contribution in [0.25, 0.3) is 0 Å². The summed E-state index contributed by atoms with van der Waals surface area (Å²) in [6.45, 7) is 5.47. The largest absolute Gasteiger partial charge is 0.352 e. The van der Waals surface area contributed by atoms with Crippen molar-refractivity contribution >= 4 is 27.5 Å². The van der Waals surface area contributed by atoms with Gasteiger partial charge in [0.1, 0.15) is 12.6 Å². The maximum absolute atomic E-state index is 13.7. The molecule has 8 heteroatoms. The summed E-state index contributed by atoms with van der Waals surface area (Å²) >= 11 is 0. The van der Waals surface area contributed by atoms with E-state index in [0.29, 0.717) is 12.1 Å². The molecule has 1 N–H and O–H groups in total. The Kier molecular flexibility index (Phi) is 8.94. The minimum atomic E-state index is -3.74. The number of aryl methyl sites for hydroxylation is 2. The SMILES string of the molecule is CCc1ccccc1N(CC(=O)N(Cc1ccccc1C)[C@@H](C)C(=O)NC1CCCC1)S(C)(=O)=O. The van der Waals surface area contributed by atoms with Crippen LogP contribution in [0.5, 0.6) is 0 Å². The number of rotatable bonds is 10. The maximum atomic E-state index is 13.7. The number of nitrogens with one attached hydrogen (secondary N) is 1. The lowest BCUT2D eigenvalue weighted by atomic mass is 10.1. The zero-order valence-corrected chi connectivity index (χ0v) is 22.0. The van der Waals surface area contributed by atoms with E-state index in [9.17, 15) is 18.0 Å². The quantitative estimate of drug-likeness (QED) is 0.539. The van der Waals surface area contributed by atoms with Crippen molar-refractivity contribution in [2.24, 2.45) is 0 Å². The minimum absolute atomic E-state index is 0.129. The highest BCUT2D eigenvalue weighted by molar-refractivity contribution is 7.92. The average molecular weight is 500 g/mol. The minimum Gasteiger partial charge on any atom is -0.352 e. The maximum Gasteiger partial charge on any atom is 0.244 e. The van der Waals surface area contributed by atoms with Crippen molar-refractivity contribution < 1.29 is 18.0 Å². The molecule has 190 valence electrons. The lowest BCUT2D eigenvalue weighted by molar-refractivity contribution is -0.139. The van der Waals surface area contributed by atoms with Crippen molar-refractivity contribution in [1.82, 2.24) is 10.2 Å². The smallest absolute Gasteiger partial charge is 0.244 e. The van der Waals surface area contributed by atoms with E-state index >= 15 is 0 Å². The number of benzene rings is 2. The number of nitrogens with zero attached hydrogens (tertiary/aromatic N) is 2. The number of sulfonamides is 1. The first-order valence-corrected chi connectivity index (χ1v) is 14.2. The summed E-state index contributed by atoms with van der Waals surface area (Å²) < 4.78 is 26.7. The Labute approximate surface area is 209 Å². The lowest BCUT2D eigenvalue weighted by Crippen LogP contribution is -2.52. The van der Waals surface area contributed by atoms with Crippen LogP contribution in [0, 0.1) is 6.92 Å². The van der Waals surface area contributed by atoms with E-state index < -0.39 is 22.0 Å². The second kappa shape index (κ2) is 11.7. The van der Waals surface area contributed by atoms with E-state index in [-0.39, 0.29) is 25.0 Å². The highest BCUT2D eigenvalue weighted by Crippen LogP contribution is 2.24. The Bertz CT molecular complexity index is 1140. The standard InChI is InChI=1S/C27H37N3O4S/c1-5-22-13-8-11-17-25(22)30(35(4,33)34)19-26(31)29(18-23-14-7-6-12-20(23)2)21(3)27(32)28-24-15-9-10-16-24/h6-8,11-14,17,21,24H,5,9-10,15-16,18-19H2,1-4H3,(H,28,32)/t21-/m0/s1. The summed E-state index contributed by atoms with van der Waals surface area (Å²) in [5, 5.41) is 3.08. The summed E-state index contributed by atoms with van der Waals surface area (Å²) in [5.74, 6) is -0.627. The molecule has 1 fully saturated rings. The van der Waals surface area contributed by atoms with Crippen LogP contribution in [-0.4, -0.2) is 50.0 Å². The molecule has 0 saturated heterocycles. The average Bonchev–Trinajstić information content (AvgIpc) is 3.33. The number of carbonyl (C=O) groups is 2. The fourth-order valence-electron chi connectivity index (χ4n) is 4.59. The van der Waals surface area contributed by atoms with Gasteiger partial charge in [-0.25, -0.2) is 8.42 Å². The van der Waals surface area contributed by atoms with Crippen molar-refractivity contribution in [2.45, 2.75) is 71.5 Å². The van der Waals surface area contributed by atoms with Crippen LogP contribution < -0.4 is 9.62 Å². The highest BCUT2D eigenvalue weighted by Gasteiger charge is 2.32. The molecule has 2 amide bonds. The summed E-state index contributed by atoms with van der Waals surface area (Å²) in [4.78, 5) is 28.3. The molecule has 7 nitrogen and oxygen atoms in total. The summed E-state index contributed by atoms with van der Waals surface area (Å²) in [7, 11) is -3.74. The Balaban J connectivity index is 1.91. The highest BCUT2D eigenvalue weighted by atomic mass is 32.2. The number of amides is 2. The first-order chi connectivity index (χ1) is 16.6.